The van der Waals surface area contributed by atoms with Gasteiger partial charge in [0.05, 0.1) is 5.69 Å². The number of benzene rings is 1. The molecule has 0 heterocycles. The molecule has 1 aliphatic rings. The summed E-state index contributed by atoms with van der Waals surface area (Å²) >= 11 is 0. The maximum absolute atomic E-state index is 12.1. The van der Waals surface area contributed by atoms with E-state index in [9.17, 15) is 8.42 Å². The lowest BCUT2D eigenvalue weighted by Crippen LogP contribution is -2.31. The van der Waals surface area contributed by atoms with Crippen molar-refractivity contribution in [2.24, 2.45) is 5.92 Å². The number of rotatable bonds is 4. The van der Waals surface area contributed by atoms with Crippen LogP contribution in [0.4, 0.5) is 11.4 Å². The van der Waals surface area contributed by atoms with E-state index in [1.165, 1.54) is 32.4 Å². The van der Waals surface area contributed by atoms with Gasteiger partial charge in [-0.05, 0) is 44.0 Å². The van der Waals surface area contributed by atoms with Crippen LogP contribution in [0.1, 0.15) is 32.6 Å². The fourth-order valence-electron chi connectivity index (χ4n) is 2.72. The molecule has 1 aliphatic carbocycles. The zero-order valence-corrected chi connectivity index (χ0v) is 12.8. The number of nitrogens with two attached hydrogens (primary N) is 1. The van der Waals surface area contributed by atoms with E-state index in [4.69, 9.17) is 5.73 Å². The van der Waals surface area contributed by atoms with Crippen LogP contribution in [-0.4, -0.2) is 21.5 Å². The highest BCUT2D eigenvalue weighted by molar-refractivity contribution is 7.89. The monoisotopic (exact) mass is 297 g/mol. The molecular formula is C14H23N3O2S. The van der Waals surface area contributed by atoms with Crippen LogP contribution in [0, 0.1) is 5.92 Å². The second kappa shape index (κ2) is 6.01. The van der Waals surface area contributed by atoms with Crippen molar-refractivity contribution in [3.63, 3.8) is 0 Å². The Morgan fingerprint density at radius 3 is 2.60 bits per heavy atom. The minimum absolute atomic E-state index is 0.220. The Labute approximate surface area is 121 Å². The molecule has 0 bridgehead atoms. The maximum atomic E-state index is 12.1. The molecule has 6 heteroatoms. The smallest absolute Gasteiger partial charge is 0.242 e. The van der Waals surface area contributed by atoms with Crippen molar-refractivity contribution < 1.29 is 8.42 Å². The molecule has 2 atom stereocenters. The number of nitrogens with one attached hydrogen (secondary N) is 2. The summed E-state index contributed by atoms with van der Waals surface area (Å²) in [6.45, 7) is 2.21. The molecule has 1 aromatic carbocycles. The van der Waals surface area contributed by atoms with Gasteiger partial charge in [0.2, 0.25) is 10.0 Å². The van der Waals surface area contributed by atoms with E-state index in [2.05, 4.69) is 17.0 Å². The van der Waals surface area contributed by atoms with Crippen molar-refractivity contribution in [1.82, 2.24) is 4.72 Å². The summed E-state index contributed by atoms with van der Waals surface area (Å²) in [5.41, 5.74) is 6.80. The standard InChI is InChI=1S/C14H23N3O2S/c1-10-5-3-4-6-12(10)17-13-8-7-11(15)9-14(13)20(18,19)16-2/h7-10,12,16-17H,3-6,15H2,1-2H3. The highest BCUT2D eigenvalue weighted by atomic mass is 32.2. The quantitative estimate of drug-likeness (QED) is 0.744. The molecule has 5 nitrogen and oxygen atoms in total. The second-order valence-electron chi connectivity index (χ2n) is 5.48. The van der Waals surface area contributed by atoms with Crippen molar-refractivity contribution >= 4 is 21.4 Å². The average Bonchev–Trinajstić information content (AvgIpc) is 2.43. The molecule has 0 radical (unpaired) electrons. The number of nitrogen functional groups attached to an aromatic ring is 1. The van der Waals surface area contributed by atoms with E-state index < -0.39 is 10.0 Å². The largest absolute Gasteiger partial charge is 0.399 e. The number of anilines is 2. The van der Waals surface area contributed by atoms with E-state index in [0.29, 0.717) is 23.3 Å². The molecule has 20 heavy (non-hydrogen) atoms. The van der Waals surface area contributed by atoms with Gasteiger partial charge in [0, 0.05) is 11.7 Å². The first-order valence-corrected chi connectivity index (χ1v) is 8.52. The van der Waals surface area contributed by atoms with Crippen molar-refractivity contribution in [2.45, 2.75) is 43.5 Å². The fraction of sp³-hybridized carbons (Fsp3) is 0.571. The molecule has 1 aromatic rings. The van der Waals surface area contributed by atoms with Gasteiger partial charge in [-0.15, -0.1) is 0 Å². The zero-order chi connectivity index (χ0) is 14.8. The Morgan fingerprint density at radius 2 is 1.95 bits per heavy atom. The van der Waals surface area contributed by atoms with Crippen LogP contribution in [0.2, 0.25) is 0 Å². The van der Waals surface area contributed by atoms with Gasteiger partial charge in [0.25, 0.3) is 0 Å². The lowest BCUT2D eigenvalue weighted by molar-refractivity contribution is 0.349. The summed E-state index contributed by atoms with van der Waals surface area (Å²) in [4.78, 5) is 0.220. The summed E-state index contributed by atoms with van der Waals surface area (Å²) in [7, 11) is -2.10. The van der Waals surface area contributed by atoms with E-state index >= 15 is 0 Å². The molecule has 112 valence electrons. The highest BCUT2D eigenvalue weighted by Crippen LogP contribution is 2.30. The van der Waals surface area contributed by atoms with E-state index in [0.717, 1.165) is 6.42 Å². The van der Waals surface area contributed by atoms with Gasteiger partial charge in [-0.3, -0.25) is 0 Å². The molecule has 0 aliphatic heterocycles. The fourth-order valence-corrected chi connectivity index (χ4v) is 3.65. The molecule has 1 saturated carbocycles. The topological polar surface area (TPSA) is 84.2 Å². The molecular weight excluding hydrogens is 274 g/mol. The molecule has 1 fully saturated rings. The van der Waals surface area contributed by atoms with Crippen molar-refractivity contribution in [2.75, 3.05) is 18.1 Å². The predicted octanol–water partition coefficient (Wildman–Crippen LogP) is 2.17. The van der Waals surface area contributed by atoms with Crippen molar-refractivity contribution in [3.05, 3.63) is 18.2 Å². The Morgan fingerprint density at radius 1 is 1.25 bits per heavy atom. The van der Waals surface area contributed by atoms with Gasteiger partial charge in [-0.2, -0.15) is 0 Å². The van der Waals surface area contributed by atoms with E-state index in [1.807, 2.05) is 0 Å². The van der Waals surface area contributed by atoms with Gasteiger partial charge in [-0.25, -0.2) is 13.1 Å². The third-order valence-corrected chi connectivity index (χ3v) is 5.47. The summed E-state index contributed by atoms with van der Waals surface area (Å²) in [6, 6.07) is 5.30. The summed E-state index contributed by atoms with van der Waals surface area (Å²) in [5.74, 6) is 0.548. The van der Waals surface area contributed by atoms with Crippen LogP contribution in [0.5, 0.6) is 0 Å². The van der Waals surface area contributed by atoms with Gasteiger partial charge < -0.3 is 11.1 Å². The Bertz CT molecular complexity index is 572. The summed E-state index contributed by atoms with van der Waals surface area (Å²) in [6.07, 6.45) is 4.69. The normalized spacial score (nSPS) is 23.5. The van der Waals surface area contributed by atoms with Crippen LogP contribution >= 0.6 is 0 Å². The summed E-state index contributed by atoms with van der Waals surface area (Å²) in [5, 5.41) is 3.39. The molecule has 2 rings (SSSR count). The van der Waals surface area contributed by atoms with Gasteiger partial charge in [0.15, 0.2) is 0 Å². The first-order chi connectivity index (χ1) is 9.44. The third kappa shape index (κ3) is 3.24. The lowest BCUT2D eigenvalue weighted by atomic mass is 9.86. The molecule has 0 aromatic heterocycles. The first-order valence-electron chi connectivity index (χ1n) is 7.03. The average molecular weight is 297 g/mol. The van der Waals surface area contributed by atoms with Crippen molar-refractivity contribution in [1.29, 1.82) is 0 Å². The minimum Gasteiger partial charge on any atom is -0.399 e. The summed E-state index contributed by atoms with van der Waals surface area (Å²) < 4.78 is 26.5. The molecule has 0 amide bonds. The van der Waals surface area contributed by atoms with E-state index in [-0.39, 0.29) is 4.90 Å². The predicted molar refractivity (Wildman–Crippen MR) is 82.1 cm³/mol. The zero-order valence-electron chi connectivity index (χ0n) is 12.0. The Hall–Kier alpha value is -1.27. The molecule has 4 N–H and O–H groups in total. The van der Waals surface area contributed by atoms with Crippen LogP contribution in [0.15, 0.2) is 23.1 Å². The molecule has 0 saturated heterocycles. The van der Waals surface area contributed by atoms with Gasteiger partial charge in [-0.1, -0.05) is 19.8 Å². The highest BCUT2D eigenvalue weighted by Gasteiger charge is 2.24. The van der Waals surface area contributed by atoms with Crippen LogP contribution in [0.25, 0.3) is 0 Å². The van der Waals surface area contributed by atoms with Crippen LogP contribution in [0.3, 0.4) is 0 Å². The SMILES string of the molecule is CNS(=O)(=O)c1cc(N)ccc1NC1CCCCC1C. The second-order valence-corrected chi connectivity index (χ2v) is 7.33. The maximum Gasteiger partial charge on any atom is 0.242 e. The Balaban J connectivity index is 2.32. The lowest BCUT2D eigenvalue weighted by Gasteiger charge is -2.31. The van der Waals surface area contributed by atoms with Gasteiger partial charge >= 0.3 is 0 Å². The third-order valence-electron chi connectivity index (χ3n) is 4.02. The van der Waals surface area contributed by atoms with Gasteiger partial charge in [0.1, 0.15) is 4.90 Å². The molecule has 0 spiro atoms. The number of hydrogen-bond donors (Lipinski definition) is 3. The number of sulfonamides is 1. The minimum atomic E-state index is -3.51. The Kier molecular flexibility index (Phi) is 4.55. The van der Waals surface area contributed by atoms with E-state index in [1.54, 1.807) is 12.1 Å². The van der Waals surface area contributed by atoms with Crippen LogP contribution in [-0.2, 0) is 10.0 Å². The number of hydrogen-bond acceptors (Lipinski definition) is 4. The van der Waals surface area contributed by atoms with Crippen molar-refractivity contribution in [3.8, 4) is 0 Å². The molecule has 2 unspecified atom stereocenters. The first kappa shape index (κ1) is 15.1. The van der Waals surface area contributed by atoms with Crippen LogP contribution < -0.4 is 15.8 Å².